The Morgan fingerprint density at radius 1 is 1.43 bits per heavy atom. The van der Waals surface area contributed by atoms with Crippen LogP contribution in [0.4, 0.5) is 0 Å². The van der Waals surface area contributed by atoms with Gasteiger partial charge >= 0.3 is 0 Å². The summed E-state index contributed by atoms with van der Waals surface area (Å²) in [5, 5.41) is 2.98. The summed E-state index contributed by atoms with van der Waals surface area (Å²) in [7, 11) is 0. The van der Waals surface area contributed by atoms with Gasteiger partial charge in [0.1, 0.15) is 5.75 Å². The molecule has 1 aromatic rings. The van der Waals surface area contributed by atoms with E-state index < -0.39 is 6.04 Å². The van der Waals surface area contributed by atoms with Crippen molar-refractivity contribution in [2.45, 2.75) is 38.6 Å². The van der Waals surface area contributed by atoms with Crippen molar-refractivity contribution >= 4 is 18.3 Å². The van der Waals surface area contributed by atoms with E-state index in [0.29, 0.717) is 25.0 Å². The first kappa shape index (κ1) is 17.8. The molecule has 3 N–H and O–H groups in total. The molecule has 5 heteroatoms. The van der Waals surface area contributed by atoms with Gasteiger partial charge in [-0.2, -0.15) is 0 Å². The van der Waals surface area contributed by atoms with E-state index in [1.165, 1.54) is 5.56 Å². The highest BCUT2D eigenvalue weighted by molar-refractivity contribution is 5.85. The third-order valence-corrected chi connectivity index (χ3v) is 3.67. The molecule has 118 valence electrons. The van der Waals surface area contributed by atoms with Crippen molar-refractivity contribution in [3.05, 3.63) is 29.8 Å². The number of benzene rings is 1. The largest absolute Gasteiger partial charge is 0.493 e. The molecule has 1 aromatic carbocycles. The van der Waals surface area contributed by atoms with Gasteiger partial charge in [0, 0.05) is 12.5 Å². The molecule has 0 saturated heterocycles. The van der Waals surface area contributed by atoms with Crippen LogP contribution in [0, 0.1) is 5.92 Å². The van der Waals surface area contributed by atoms with Gasteiger partial charge in [-0.1, -0.05) is 32.0 Å². The summed E-state index contributed by atoms with van der Waals surface area (Å²) in [4.78, 5) is 12.0. The molecule has 1 aliphatic heterocycles. The molecule has 0 aliphatic carbocycles. The highest BCUT2D eigenvalue weighted by Gasteiger charge is 2.22. The number of halogens is 1. The lowest BCUT2D eigenvalue weighted by Crippen LogP contribution is -2.43. The van der Waals surface area contributed by atoms with Crippen molar-refractivity contribution in [1.29, 1.82) is 0 Å². The first-order chi connectivity index (χ1) is 9.58. The van der Waals surface area contributed by atoms with Gasteiger partial charge in [0.15, 0.2) is 0 Å². The molecule has 0 saturated carbocycles. The Morgan fingerprint density at radius 2 is 2.14 bits per heavy atom. The number of carbonyl (C=O) groups is 1. The van der Waals surface area contributed by atoms with E-state index >= 15 is 0 Å². The molecule has 1 heterocycles. The van der Waals surface area contributed by atoms with E-state index in [9.17, 15) is 4.79 Å². The van der Waals surface area contributed by atoms with Crippen molar-refractivity contribution in [1.82, 2.24) is 5.32 Å². The zero-order valence-corrected chi connectivity index (χ0v) is 13.5. The minimum absolute atomic E-state index is 0. The number of para-hydroxylation sites is 1. The molecule has 21 heavy (non-hydrogen) atoms. The maximum atomic E-state index is 12.0. The van der Waals surface area contributed by atoms with Gasteiger partial charge in [-0.15, -0.1) is 12.4 Å². The van der Waals surface area contributed by atoms with Gasteiger partial charge in [0.2, 0.25) is 5.91 Å². The van der Waals surface area contributed by atoms with Crippen LogP contribution in [-0.2, 0) is 4.79 Å². The van der Waals surface area contributed by atoms with Gasteiger partial charge in [0.05, 0.1) is 12.6 Å². The summed E-state index contributed by atoms with van der Waals surface area (Å²) in [6.45, 7) is 5.48. The Balaban J connectivity index is 0.00000220. The fourth-order valence-corrected chi connectivity index (χ4v) is 2.60. The van der Waals surface area contributed by atoms with E-state index in [-0.39, 0.29) is 18.3 Å². The zero-order chi connectivity index (χ0) is 14.5. The quantitative estimate of drug-likeness (QED) is 0.878. The predicted octanol–water partition coefficient (Wildman–Crippen LogP) is 2.46. The van der Waals surface area contributed by atoms with Crippen molar-refractivity contribution in [3.8, 4) is 5.75 Å². The molecule has 2 rings (SSSR count). The molecule has 0 bridgehead atoms. The second-order valence-electron chi connectivity index (χ2n) is 5.85. The van der Waals surface area contributed by atoms with Gasteiger partial charge in [-0.3, -0.25) is 4.79 Å². The number of hydrogen-bond acceptors (Lipinski definition) is 3. The SMILES string of the molecule is CC(C)C[C@H](N)C(=O)NCC1CCOc2ccccc21.Cl. The van der Waals surface area contributed by atoms with Crippen LogP contribution in [-0.4, -0.2) is 25.1 Å². The van der Waals surface area contributed by atoms with E-state index in [2.05, 4.69) is 25.2 Å². The number of ether oxygens (including phenoxy) is 1. The maximum Gasteiger partial charge on any atom is 0.236 e. The molecule has 1 amide bonds. The van der Waals surface area contributed by atoms with E-state index in [1.54, 1.807) is 0 Å². The summed E-state index contributed by atoms with van der Waals surface area (Å²) >= 11 is 0. The Hall–Kier alpha value is -1.26. The normalized spacial score (nSPS) is 18.2. The first-order valence-corrected chi connectivity index (χ1v) is 7.33. The molecule has 0 spiro atoms. The van der Waals surface area contributed by atoms with Crippen LogP contribution in [0.2, 0.25) is 0 Å². The number of hydrogen-bond donors (Lipinski definition) is 2. The highest BCUT2D eigenvalue weighted by atomic mass is 35.5. The molecule has 1 aliphatic rings. The summed E-state index contributed by atoms with van der Waals surface area (Å²) in [6, 6.07) is 7.61. The third kappa shape index (κ3) is 4.90. The number of nitrogens with two attached hydrogens (primary N) is 1. The van der Waals surface area contributed by atoms with E-state index in [1.807, 2.05) is 18.2 Å². The molecule has 0 radical (unpaired) electrons. The fourth-order valence-electron chi connectivity index (χ4n) is 2.60. The van der Waals surface area contributed by atoms with Crippen LogP contribution in [0.1, 0.15) is 38.2 Å². The standard InChI is InChI=1S/C16H24N2O2.ClH/c1-11(2)9-14(17)16(19)18-10-12-7-8-20-15-6-4-3-5-13(12)15;/h3-6,11-12,14H,7-10,17H2,1-2H3,(H,18,19);1H/t12?,14-;/m0./s1. The third-order valence-electron chi connectivity index (χ3n) is 3.67. The van der Waals surface area contributed by atoms with Gasteiger partial charge in [-0.25, -0.2) is 0 Å². The van der Waals surface area contributed by atoms with Gasteiger partial charge in [0.25, 0.3) is 0 Å². The van der Waals surface area contributed by atoms with Crippen LogP contribution in [0.25, 0.3) is 0 Å². The van der Waals surface area contributed by atoms with E-state index in [0.717, 1.165) is 18.6 Å². The van der Waals surface area contributed by atoms with E-state index in [4.69, 9.17) is 10.5 Å². The van der Waals surface area contributed by atoms with Crippen molar-refractivity contribution in [3.63, 3.8) is 0 Å². The smallest absolute Gasteiger partial charge is 0.236 e. The summed E-state index contributed by atoms with van der Waals surface area (Å²) < 4.78 is 5.62. The number of carbonyl (C=O) groups excluding carboxylic acids is 1. The summed E-state index contributed by atoms with van der Waals surface area (Å²) in [5.41, 5.74) is 7.07. The van der Waals surface area contributed by atoms with Crippen molar-refractivity contribution in [2.24, 2.45) is 11.7 Å². The average Bonchev–Trinajstić information content (AvgIpc) is 2.44. The molecule has 1 unspecified atom stereocenters. The second-order valence-corrected chi connectivity index (χ2v) is 5.85. The van der Waals surface area contributed by atoms with Crippen molar-refractivity contribution in [2.75, 3.05) is 13.2 Å². The Kier molecular flexibility index (Phi) is 6.99. The molecule has 4 nitrogen and oxygen atoms in total. The lowest BCUT2D eigenvalue weighted by Gasteiger charge is -2.26. The number of fused-ring (bicyclic) bond motifs is 1. The van der Waals surface area contributed by atoms with Crippen LogP contribution in [0.5, 0.6) is 5.75 Å². The number of rotatable bonds is 5. The number of amides is 1. The highest BCUT2D eigenvalue weighted by Crippen LogP contribution is 2.32. The minimum atomic E-state index is -0.412. The monoisotopic (exact) mass is 312 g/mol. The Bertz CT molecular complexity index is 465. The Labute approximate surface area is 132 Å². The average molecular weight is 313 g/mol. The maximum absolute atomic E-state index is 12.0. The predicted molar refractivity (Wildman–Crippen MR) is 87.0 cm³/mol. The van der Waals surface area contributed by atoms with Gasteiger partial charge < -0.3 is 15.8 Å². The summed E-state index contributed by atoms with van der Waals surface area (Å²) in [5.74, 6) is 1.63. The molecular weight excluding hydrogens is 288 g/mol. The molecule has 0 fully saturated rings. The lowest BCUT2D eigenvalue weighted by molar-refractivity contribution is -0.122. The molecular formula is C16H25ClN2O2. The minimum Gasteiger partial charge on any atom is -0.493 e. The molecule has 2 atom stereocenters. The zero-order valence-electron chi connectivity index (χ0n) is 12.7. The van der Waals surface area contributed by atoms with Crippen LogP contribution in [0.3, 0.4) is 0 Å². The topological polar surface area (TPSA) is 64.4 Å². The summed E-state index contributed by atoms with van der Waals surface area (Å²) in [6.07, 6.45) is 1.65. The van der Waals surface area contributed by atoms with Crippen LogP contribution in [0.15, 0.2) is 24.3 Å². The number of nitrogens with one attached hydrogen (secondary N) is 1. The second kappa shape index (κ2) is 8.25. The fraction of sp³-hybridized carbons (Fsp3) is 0.562. The lowest BCUT2D eigenvalue weighted by atomic mass is 9.93. The Morgan fingerprint density at radius 3 is 2.86 bits per heavy atom. The van der Waals surface area contributed by atoms with Crippen LogP contribution < -0.4 is 15.8 Å². The van der Waals surface area contributed by atoms with Crippen molar-refractivity contribution < 1.29 is 9.53 Å². The molecule has 0 aromatic heterocycles. The van der Waals surface area contributed by atoms with Crippen LogP contribution >= 0.6 is 12.4 Å². The van der Waals surface area contributed by atoms with Gasteiger partial charge in [-0.05, 0) is 30.4 Å². The first-order valence-electron chi connectivity index (χ1n) is 7.33.